The van der Waals surface area contributed by atoms with Gasteiger partial charge in [0.1, 0.15) is 0 Å². The van der Waals surface area contributed by atoms with Gasteiger partial charge >= 0.3 is 0 Å². The number of hydrogen-bond acceptors (Lipinski definition) is 3. The maximum Gasteiger partial charge on any atom is 0.228 e. The summed E-state index contributed by atoms with van der Waals surface area (Å²) in [6, 6.07) is 8.59. The number of carbonyl (C=O) groups is 2. The van der Waals surface area contributed by atoms with Crippen LogP contribution in [-0.4, -0.2) is 48.9 Å². The number of nitrogens with zero attached hydrogens (tertiary/aromatic N) is 2. The van der Waals surface area contributed by atoms with Gasteiger partial charge in [-0.2, -0.15) is 0 Å². The molecule has 1 aromatic rings. The highest BCUT2D eigenvalue weighted by Gasteiger charge is 2.38. The molecule has 0 spiro atoms. The Morgan fingerprint density at radius 1 is 1.14 bits per heavy atom. The largest absolute Gasteiger partial charge is 0.342 e. The average Bonchev–Trinajstić information content (AvgIpc) is 3.46. The van der Waals surface area contributed by atoms with Crippen molar-refractivity contribution in [1.82, 2.24) is 10.2 Å². The van der Waals surface area contributed by atoms with Crippen LogP contribution in [0.4, 0.5) is 5.69 Å². The van der Waals surface area contributed by atoms with Gasteiger partial charge in [0.15, 0.2) is 0 Å². The standard InChI is InChI=1S/C22H31N3O2.ClH/c1-2-17-5-3-4-6-20(17)25-15-18(13-21(25)26)22(27)24-11-9-19(10-12-24)23-14-16-7-8-16;/h3-6,16,18-19,23H,2,7-15H2,1H3;1H. The van der Waals surface area contributed by atoms with Crippen LogP contribution in [0, 0.1) is 11.8 Å². The van der Waals surface area contributed by atoms with Crippen molar-refractivity contribution in [3.05, 3.63) is 29.8 Å². The zero-order chi connectivity index (χ0) is 18.8. The van der Waals surface area contributed by atoms with Crippen molar-refractivity contribution in [2.75, 3.05) is 31.1 Å². The molecular formula is C22H32ClN3O2. The number of anilines is 1. The lowest BCUT2D eigenvalue weighted by Gasteiger charge is -2.34. The summed E-state index contributed by atoms with van der Waals surface area (Å²) in [7, 11) is 0. The average molecular weight is 406 g/mol. The van der Waals surface area contributed by atoms with Gasteiger partial charge in [0.25, 0.3) is 0 Å². The lowest BCUT2D eigenvalue weighted by molar-refractivity contribution is -0.136. The second kappa shape index (κ2) is 9.27. The van der Waals surface area contributed by atoms with Gasteiger partial charge in [0.2, 0.25) is 11.8 Å². The third-order valence-corrected chi connectivity index (χ3v) is 6.34. The maximum absolute atomic E-state index is 13.0. The van der Waals surface area contributed by atoms with E-state index < -0.39 is 0 Å². The smallest absolute Gasteiger partial charge is 0.228 e. The minimum atomic E-state index is -0.196. The third-order valence-electron chi connectivity index (χ3n) is 6.34. The molecular weight excluding hydrogens is 374 g/mol. The van der Waals surface area contributed by atoms with E-state index in [1.165, 1.54) is 18.4 Å². The molecule has 0 bridgehead atoms. The van der Waals surface area contributed by atoms with E-state index >= 15 is 0 Å². The van der Waals surface area contributed by atoms with Crippen molar-refractivity contribution >= 4 is 29.9 Å². The molecule has 0 aromatic heterocycles. The van der Waals surface area contributed by atoms with E-state index in [-0.39, 0.29) is 30.1 Å². The topological polar surface area (TPSA) is 52.7 Å². The van der Waals surface area contributed by atoms with Crippen LogP contribution in [0.3, 0.4) is 0 Å². The minimum absolute atomic E-state index is 0. The zero-order valence-electron chi connectivity index (χ0n) is 16.7. The van der Waals surface area contributed by atoms with Crippen LogP contribution in [0.15, 0.2) is 24.3 Å². The van der Waals surface area contributed by atoms with Crippen LogP contribution >= 0.6 is 12.4 Å². The van der Waals surface area contributed by atoms with Crippen molar-refractivity contribution in [3.63, 3.8) is 0 Å². The van der Waals surface area contributed by atoms with Crippen molar-refractivity contribution in [2.45, 2.75) is 51.5 Å². The van der Waals surface area contributed by atoms with Crippen LogP contribution in [0.5, 0.6) is 0 Å². The highest BCUT2D eigenvalue weighted by atomic mass is 35.5. The Balaban J connectivity index is 0.00000225. The normalized spacial score (nSPS) is 23.0. The Hall–Kier alpha value is -1.59. The van der Waals surface area contributed by atoms with Crippen LogP contribution in [0.25, 0.3) is 0 Å². The summed E-state index contributed by atoms with van der Waals surface area (Å²) in [5.41, 5.74) is 2.14. The molecule has 2 amide bonds. The van der Waals surface area contributed by atoms with Crippen LogP contribution in [0.1, 0.15) is 44.6 Å². The quantitative estimate of drug-likeness (QED) is 0.791. The molecule has 1 atom stereocenters. The summed E-state index contributed by atoms with van der Waals surface area (Å²) >= 11 is 0. The summed E-state index contributed by atoms with van der Waals surface area (Å²) in [5, 5.41) is 3.66. The Kier molecular flexibility index (Phi) is 7.00. The number of hydrogen-bond donors (Lipinski definition) is 1. The number of piperidine rings is 1. The highest BCUT2D eigenvalue weighted by molar-refractivity contribution is 6.00. The molecule has 6 heteroatoms. The van der Waals surface area contributed by atoms with E-state index in [1.807, 2.05) is 28.0 Å². The molecule has 1 unspecified atom stereocenters. The number of benzene rings is 1. The molecule has 4 rings (SSSR count). The number of likely N-dealkylation sites (tertiary alicyclic amines) is 1. The third kappa shape index (κ3) is 4.69. The molecule has 1 saturated carbocycles. The number of para-hydroxylation sites is 1. The van der Waals surface area contributed by atoms with E-state index in [4.69, 9.17) is 0 Å². The number of nitrogens with one attached hydrogen (secondary N) is 1. The van der Waals surface area contributed by atoms with Crippen molar-refractivity contribution in [2.24, 2.45) is 11.8 Å². The Bertz CT molecular complexity index is 699. The first-order valence-electron chi connectivity index (χ1n) is 10.6. The molecule has 28 heavy (non-hydrogen) atoms. The van der Waals surface area contributed by atoms with Gasteiger partial charge in [-0.1, -0.05) is 25.1 Å². The lowest BCUT2D eigenvalue weighted by Crippen LogP contribution is -2.47. The van der Waals surface area contributed by atoms with Gasteiger partial charge in [-0.25, -0.2) is 0 Å². The highest BCUT2D eigenvalue weighted by Crippen LogP contribution is 2.30. The predicted molar refractivity (Wildman–Crippen MR) is 114 cm³/mol. The first-order chi connectivity index (χ1) is 13.2. The fourth-order valence-electron chi connectivity index (χ4n) is 4.40. The minimum Gasteiger partial charge on any atom is -0.342 e. The molecule has 2 saturated heterocycles. The molecule has 3 aliphatic rings. The first kappa shape index (κ1) is 21.1. The van der Waals surface area contributed by atoms with Crippen molar-refractivity contribution < 1.29 is 9.59 Å². The summed E-state index contributed by atoms with van der Waals surface area (Å²) in [6.45, 7) is 5.40. The summed E-state index contributed by atoms with van der Waals surface area (Å²) in [6.07, 6.45) is 6.04. The number of halogens is 1. The molecule has 0 radical (unpaired) electrons. The molecule has 154 valence electrons. The Morgan fingerprint density at radius 2 is 1.86 bits per heavy atom. The molecule has 1 aliphatic carbocycles. The number of rotatable bonds is 6. The summed E-state index contributed by atoms with van der Waals surface area (Å²) < 4.78 is 0. The van der Waals surface area contributed by atoms with Gasteiger partial charge in [0, 0.05) is 37.8 Å². The Labute approximate surface area is 174 Å². The summed E-state index contributed by atoms with van der Waals surface area (Å²) in [5.74, 6) is 0.945. The van der Waals surface area contributed by atoms with E-state index in [0.29, 0.717) is 19.0 Å². The fourth-order valence-corrected chi connectivity index (χ4v) is 4.40. The lowest BCUT2D eigenvalue weighted by atomic mass is 10.0. The molecule has 5 nitrogen and oxygen atoms in total. The van der Waals surface area contributed by atoms with E-state index in [0.717, 1.165) is 50.5 Å². The monoisotopic (exact) mass is 405 g/mol. The first-order valence-corrected chi connectivity index (χ1v) is 10.6. The van der Waals surface area contributed by atoms with Gasteiger partial charge in [-0.3, -0.25) is 9.59 Å². The SMILES string of the molecule is CCc1ccccc1N1CC(C(=O)N2CCC(NCC3CC3)CC2)CC1=O.Cl. The van der Waals surface area contributed by atoms with E-state index in [2.05, 4.69) is 18.3 Å². The van der Waals surface area contributed by atoms with Crippen molar-refractivity contribution in [3.8, 4) is 0 Å². The fraction of sp³-hybridized carbons (Fsp3) is 0.636. The van der Waals surface area contributed by atoms with Gasteiger partial charge in [0.05, 0.1) is 5.92 Å². The van der Waals surface area contributed by atoms with Gasteiger partial charge in [-0.15, -0.1) is 12.4 Å². The van der Waals surface area contributed by atoms with Crippen LogP contribution in [-0.2, 0) is 16.0 Å². The van der Waals surface area contributed by atoms with Gasteiger partial charge in [-0.05, 0) is 56.2 Å². The van der Waals surface area contributed by atoms with Crippen molar-refractivity contribution in [1.29, 1.82) is 0 Å². The molecule has 2 heterocycles. The second-order valence-corrected chi connectivity index (χ2v) is 8.34. The van der Waals surface area contributed by atoms with Crippen LogP contribution in [0.2, 0.25) is 0 Å². The molecule has 3 fully saturated rings. The predicted octanol–water partition coefficient (Wildman–Crippen LogP) is 3.01. The van der Waals surface area contributed by atoms with Crippen LogP contribution < -0.4 is 10.2 Å². The van der Waals surface area contributed by atoms with E-state index in [9.17, 15) is 9.59 Å². The zero-order valence-corrected chi connectivity index (χ0v) is 17.5. The van der Waals surface area contributed by atoms with E-state index in [1.54, 1.807) is 0 Å². The molecule has 1 N–H and O–H groups in total. The number of aryl methyl sites for hydroxylation is 1. The molecule has 2 aliphatic heterocycles. The maximum atomic E-state index is 13.0. The number of amides is 2. The molecule has 1 aromatic carbocycles. The number of carbonyl (C=O) groups excluding carboxylic acids is 2. The van der Waals surface area contributed by atoms with Gasteiger partial charge < -0.3 is 15.1 Å². The second-order valence-electron chi connectivity index (χ2n) is 8.34. The Morgan fingerprint density at radius 3 is 2.54 bits per heavy atom. The summed E-state index contributed by atoms with van der Waals surface area (Å²) in [4.78, 5) is 29.4.